The monoisotopic (exact) mass is 239 g/mol. The lowest BCUT2D eigenvalue weighted by Crippen LogP contribution is -2.35. The first-order valence-electron chi connectivity index (χ1n) is 6.36. The summed E-state index contributed by atoms with van der Waals surface area (Å²) in [4.78, 5) is 11.6. The molecule has 0 radical (unpaired) electrons. The third-order valence-electron chi connectivity index (χ3n) is 2.76. The van der Waals surface area contributed by atoms with Gasteiger partial charge < -0.3 is 10.4 Å². The van der Waals surface area contributed by atoms with E-state index in [1.165, 1.54) is 0 Å². The predicted octanol–water partition coefficient (Wildman–Crippen LogP) is 1.95. The molecular formula is C14H25NO2. The first kappa shape index (κ1) is 16.0. The van der Waals surface area contributed by atoms with Gasteiger partial charge in [-0.3, -0.25) is 4.79 Å². The molecule has 0 rings (SSSR count). The van der Waals surface area contributed by atoms with Crippen LogP contribution in [0.1, 0.15) is 46.5 Å². The van der Waals surface area contributed by atoms with E-state index in [0.29, 0.717) is 25.3 Å². The highest BCUT2D eigenvalue weighted by atomic mass is 16.3. The number of terminal acetylenes is 1. The SMILES string of the molecule is C#CCC[C@H](C)C(=O)NC[C@@H](O)CCC(C)C. The smallest absolute Gasteiger partial charge is 0.222 e. The number of hydrogen-bond acceptors (Lipinski definition) is 2. The Labute approximate surface area is 105 Å². The van der Waals surface area contributed by atoms with Gasteiger partial charge in [0.1, 0.15) is 0 Å². The van der Waals surface area contributed by atoms with Crippen LogP contribution in [0.4, 0.5) is 0 Å². The van der Waals surface area contributed by atoms with Crippen molar-refractivity contribution in [3.63, 3.8) is 0 Å². The molecule has 2 atom stereocenters. The number of rotatable bonds is 8. The zero-order valence-corrected chi connectivity index (χ0v) is 11.2. The minimum Gasteiger partial charge on any atom is -0.391 e. The van der Waals surface area contributed by atoms with Gasteiger partial charge in [-0.1, -0.05) is 20.8 Å². The van der Waals surface area contributed by atoms with Gasteiger partial charge in [0.2, 0.25) is 5.91 Å². The van der Waals surface area contributed by atoms with Crippen LogP contribution in [0.25, 0.3) is 0 Å². The molecule has 0 heterocycles. The van der Waals surface area contributed by atoms with Crippen molar-refractivity contribution in [1.82, 2.24) is 5.32 Å². The number of hydrogen-bond donors (Lipinski definition) is 2. The number of aliphatic hydroxyl groups excluding tert-OH is 1. The van der Waals surface area contributed by atoms with Crippen LogP contribution in [0, 0.1) is 24.2 Å². The van der Waals surface area contributed by atoms with Crippen LogP contribution in [-0.2, 0) is 4.79 Å². The third kappa shape index (κ3) is 8.76. The molecular weight excluding hydrogens is 214 g/mol. The summed E-state index contributed by atoms with van der Waals surface area (Å²) in [5, 5.41) is 12.4. The Hall–Kier alpha value is -1.01. The highest BCUT2D eigenvalue weighted by Crippen LogP contribution is 2.07. The van der Waals surface area contributed by atoms with Gasteiger partial charge in [0, 0.05) is 18.9 Å². The maximum Gasteiger partial charge on any atom is 0.222 e. The summed E-state index contributed by atoms with van der Waals surface area (Å²) < 4.78 is 0. The molecule has 0 aliphatic carbocycles. The number of carbonyl (C=O) groups is 1. The Kier molecular flexibility index (Phi) is 8.53. The maximum atomic E-state index is 11.6. The molecule has 2 N–H and O–H groups in total. The van der Waals surface area contributed by atoms with Crippen molar-refractivity contribution < 1.29 is 9.90 Å². The summed E-state index contributed by atoms with van der Waals surface area (Å²) in [6, 6.07) is 0. The summed E-state index contributed by atoms with van der Waals surface area (Å²) in [5.41, 5.74) is 0. The molecule has 0 fully saturated rings. The van der Waals surface area contributed by atoms with E-state index in [9.17, 15) is 9.90 Å². The normalized spacial score (nSPS) is 14.1. The van der Waals surface area contributed by atoms with Gasteiger partial charge in [-0.15, -0.1) is 12.3 Å². The van der Waals surface area contributed by atoms with Crippen LogP contribution >= 0.6 is 0 Å². The summed E-state index contributed by atoms with van der Waals surface area (Å²) in [5.74, 6) is 3.00. The molecule has 0 aromatic carbocycles. The molecule has 0 unspecified atom stereocenters. The molecule has 0 saturated carbocycles. The van der Waals surface area contributed by atoms with Gasteiger partial charge in [-0.05, 0) is 25.2 Å². The van der Waals surface area contributed by atoms with E-state index in [2.05, 4.69) is 25.1 Å². The first-order valence-corrected chi connectivity index (χ1v) is 6.36. The van der Waals surface area contributed by atoms with Crippen molar-refractivity contribution in [2.24, 2.45) is 11.8 Å². The maximum absolute atomic E-state index is 11.6. The lowest BCUT2D eigenvalue weighted by molar-refractivity contribution is -0.125. The van der Waals surface area contributed by atoms with Crippen molar-refractivity contribution >= 4 is 5.91 Å². The standard InChI is InChI=1S/C14H25NO2/c1-5-6-7-12(4)14(17)15-10-13(16)9-8-11(2)3/h1,11-13,16H,6-10H2,2-4H3,(H,15,17)/t12-,13-/m0/s1. The summed E-state index contributed by atoms with van der Waals surface area (Å²) in [6.45, 7) is 6.43. The van der Waals surface area contributed by atoms with E-state index in [-0.39, 0.29) is 11.8 Å². The molecule has 1 amide bonds. The molecule has 3 heteroatoms. The van der Waals surface area contributed by atoms with E-state index in [0.717, 1.165) is 12.8 Å². The molecule has 0 spiro atoms. The topological polar surface area (TPSA) is 49.3 Å². The molecule has 0 aromatic heterocycles. The van der Waals surface area contributed by atoms with Crippen molar-refractivity contribution in [2.45, 2.75) is 52.6 Å². The Bertz CT molecular complexity index is 255. The molecule has 0 aliphatic rings. The Morgan fingerprint density at radius 3 is 2.47 bits per heavy atom. The van der Waals surface area contributed by atoms with E-state index >= 15 is 0 Å². The zero-order chi connectivity index (χ0) is 13.3. The molecule has 0 saturated heterocycles. The quantitative estimate of drug-likeness (QED) is 0.636. The number of aliphatic hydroxyl groups is 1. The molecule has 98 valence electrons. The van der Waals surface area contributed by atoms with Gasteiger partial charge in [0.05, 0.1) is 6.10 Å². The Morgan fingerprint density at radius 1 is 1.29 bits per heavy atom. The fourth-order valence-corrected chi connectivity index (χ4v) is 1.45. The Morgan fingerprint density at radius 2 is 1.94 bits per heavy atom. The van der Waals surface area contributed by atoms with Gasteiger partial charge in [0.15, 0.2) is 0 Å². The second kappa shape index (κ2) is 9.07. The highest BCUT2D eigenvalue weighted by molar-refractivity contribution is 5.78. The molecule has 0 aromatic rings. The van der Waals surface area contributed by atoms with Gasteiger partial charge in [-0.2, -0.15) is 0 Å². The molecule has 0 aliphatic heterocycles. The summed E-state index contributed by atoms with van der Waals surface area (Å²) in [7, 11) is 0. The third-order valence-corrected chi connectivity index (χ3v) is 2.76. The van der Waals surface area contributed by atoms with Crippen molar-refractivity contribution in [3.8, 4) is 12.3 Å². The first-order chi connectivity index (χ1) is 7.97. The summed E-state index contributed by atoms with van der Waals surface area (Å²) >= 11 is 0. The zero-order valence-electron chi connectivity index (χ0n) is 11.2. The van der Waals surface area contributed by atoms with Crippen LogP contribution in [0.2, 0.25) is 0 Å². The molecule has 17 heavy (non-hydrogen) atoms. The van der Waals surface area contributed by atoms with Crippen LogP contribution in [0.15, 0.2) is 0 Å². The van der Waals surface area contributed by atoms with Crippen LogP contribution < -0.4 is 5.32 Å². The average molecular weight is 239 g/mol. The van der Waals surface area contributed by atoms with E-state index in [4.69, 9.17) is 6.42 Å². The van der Waals surface area contributed by atoms with Gasteiger partial charge in [-0.25, -0.2) is 0 Å². The minimum atomic E-state index is -0.443. The van der Waals surface area contributed by atoms with E-state index in [1.807, 2.05) is 6.92 Å². The minimum absolute atomic E-state index is 0.0242. The van der Waals surface area contributed by atoms with Gasteiger partial charge in [0.25, 0.3) is 0 Å². The van der Waals surface area contributed by atoms with Crippen LogP contribution in [-0.4, -0.2) is 23.7 Å². The Balaban J connectivity index is 3.72. The van der Waals surface area contributed by atoms with E-state index < -0.39 is 6.10 Å². The molecule has 0 bridgehead atoms. The molecule has 3 nitrogen and oxygen atoms in total. The lowest BCUT2D eigenvalue weighted by Gasteiger charge is -2.15. The number of carbonyl (C=O) groups excluding carboxylic acids is 1. The lowest BCUT2D eigenvalue weighted by atomic mass is 10.0. The average Bonchev–Trinajstić information content (AvgIpc) is 2.30. The second-order valence-corrected chi connectivity index (χ2v) is 5.01. The predicted molar refractivity (Wildman–Crippen MR) is 70.3 cm³/mol. The fraction of sp³-hybridized carbons (Fsp3) is 0.786. The van der Waals surface area contributed by atoms with Crippen LogP contribution in [0.3, 0.4) is 0 Å². The highest BCUT2D eigenvalue weighted by Gasteiger charge is 2.13. The second-order valence-electron chi connectivity index (χ2n) is 5.01. The van der Waals surface area contributed by atoms with Crippen molar-refractivity contribution in [3.05, 3.63) is 0 Å². The van der Waals surface area contributed by atoms with Gasteiger partial charge >= 0.3 is 0 Å². The van der Waals surface area contributed by atoms with Crippen LogP contribution in [0.5, 0.6) is 0 Å². The number of nitrogens with one attached hydrogen (secondary N) is 1. The van der Waals surface area contributed by atoms with Crippen molar-refractivity contribution in [2.75, 3.05) is 6.54 Å². The number of amides is 1. The fourth-order valence-electron chi connectivity index (χ4n) is 1.45. The largest absolute Gasteiger partial charge is 0.391 e. The summed E-state index contributed by atoms with van der Waals surface area (Å²) in [6.07, 6.45) is 7.73. The van der Waals surface area contributed by atoms with E-state index in [1.54, 1.807) is 0 Å². The van der Waals surface area contributed by atoms with Crippen molar-refractivity contribution in [1.29, 1.82) is 0 Å².